The molecule has 6 heteroatoms. The first-order valence-electron chi connectivity index (χ1n) is 3.34. The Morgan fingerprint density at radius 1 is 1.62 bits per heavy atom. The van der Waals surface area contributed by atoms with Gasteiger partial charge in [0, 0.05) is 6.20 Å². The molecule has 0 unspecified atom stereocenters. The predicted molar refractivity (Wildman–Crippen MR) is 52.9 cm³/mol. The van der Waals surface area contributed by atoms with E-state index >= 15 is 0 Å². The van der Waals surface area contributed by atoms with Crippen LogP contribution in [-0.4, -0.2) is 12.1 Å². The van der Waals surface area contributed by atoms with Crippen molar-refractivity contribution in [3.8, 4) is 5.75 Å². The second kappa shape index (κ2) is 4.03. The third-order valence-corrected chi connectivity index (χ3v) is 2.32. The van der Waals surface area contributed by atoms with Gasteiger partial charge in [-0.1, -0.05) is 0 Å². The van der Waals surface area contributed by atoms with E-state index in [1.807, 2.05) is 22.6 Å². The number of alkyl halides is 2. The molecule has 0 aliphatic heterocycles. The molecule has 0 aliphatic rings. The molecule has 3 nitrogen and oxygen atoms in total. The van der Waals surface area contributed by atoms with E-state index in [9.17, 15) is 8.78 Å². The summed E-state index contributed by atoms with van der Waals surface area (Å²) < 4.78 is 30.0. The quantitative estimate of drug-likeness (QED) is 0.852. The molecule has 2 N–H and O–H groups in total. The highest BCUT2D eigenvalue weighted by molar-refractivity contribution is 14.1. The number of nitrogen functional groups attached to an aromatic ring is 1. The van der Waals surface area contributed by atoms with Crippen molar-refractivity contribution in [3.63, 3.8) is 0 Å². The van der Waals surface area contributed by atoms with Crippen molar-refractivity contribution in [2.24, 2.45) is 0 Å². The fourth-order valence-corrected chi connectivity index (χ4v) is 1.25. The predicted octanol–water partition coefficient (Wildman–Crippen LogP) is 2.21. The number of hydrogen-bond donors (Lipinski definition) is 1. The van der Waals surface area contributed by atoms with Crippen LogP contribution in [0.3, 0.4) is 0 Å². The Bertz CT molecular complexity index is 320. The number of rotatable bonds is 2. The molecule has 1 rings (SSSR count). The van der Waals surface area contributed by atoms with Gasteiger partial charge in [0.15, 0.2) is 11.4 Å². The SMILES string of the molecule is COc1c(C(F)F)ncc(I)c1N. The van der Waals surface area contributed by atoms with Crippen LogP contribution in [-0.2, 0) is 0 Å². The molecule has 1 aromatic rings. The maximum Gasteiger partial charge on any atom is 0.284 e. The minimum absolute atomic E-state index is 0.0399. The Hall–Kier alpha value is -0.660. The molecule has 0 aliphatic carbocycles. The summed E-state index contributed by atoms with van der Waals surface area (Å²) in [6, 6.07) is 0. The van der Waals surface area contributed by atoms with Gasteiger partial charge in [-0.2, -0.15) is 0 Å². The summed E-state index contributed by atoms with van der Waals surface area (Å²) in [4.78, 5) is 3.55. The fourth-order valence-electron chi connectivity index (χ4n) is 0.871. The van der Waals surface area contributed by atoms with Crippen LogP contribution in [0.5, 0.6) is 5.75 Å². The monoisotopic (exact) mass is 300 g/mol. The highest BCUT2D eigenvalue weighted by Crippen LogP contribution is 2.34. The van der Waals surface area contributed by atoms with Gasteiger partial charge in [-0.05, 0) is 22.6 Å². The maximum absolute atomic E-state index is 12.3. The van der Waals surface area contributed by atoms with Gasteiger partial charge in [-0.25, -0.2) is 8.78 Å². The van der Waals surface area contributed by atoms with Crippen molar-refractivity contribution >= 4 is 28.3 Å². The number of anilines is 1. The van der Waals surface area contributed by atoms with Crippen LogP contribution >= 0.6 is 22.6 Å². The summed E-state index contributed by atoms with van der Waals surface area (Å²) in [6.07, 6.45) is -1.38. The molecule has 0 radical (unpaired) electrons. The van der Waals surface area contributed by atoms with E-state index in [-0.39, 0.29) is 11.4 Å². The number of nitrogens with two attached hydrogens (primary N) is 1. The lowest BCUT2D eigenvalue weighted by molar-refractivity contribution is 0.141. The van der Waals surface area contributed by atoms with Crippen LogP contribution in [0.1, 0.15) is 12.1 Å². The third-order valence-electron chi connectivity index (χ3n) is 1.46. The molecule has 0 aromatic carbocycles. The van der Waals surface area contributed by atoms with E-state index in [1.54, 1.807) is 0 Å². The van der Waals surface area contributed by atoms with Gasteiger partial charge < -0.3 is 10.5 Å². The zero-order valence-corrected chi connectivity index (χ0v) is 8.88. The van der Waals surface area contributed by atoms with Crippen molar-refractivity contribution in [2.45, 2.75) is 6.43 Å². The van der Waals surface area contributed by atoms with Crippen LogP contribution in [0.2, 0.25) is 0 Å². The Balaban J connectivity index is 3.30. The van der Waals surface area contributed by atoms with Gasteiger partial charge in [0.2, 0.25) is 0 Å². The molecule has 0 fully saturated rings. The first-order valence-corrected chi connectivity index (χ1v) is 4.41. The summed E-state index contributed by atoms with van der Waals surface area (Å²) >= 11 is 1.90. The van der Waals surface area contributed by atoms with Crippen LogP contribution in [0, 0.1) is 3.57 Å². The molecule has 0 saturated heterocycles. The molecule has 0 amide bonds. The van der Waals surface area contributed by atoms with Crippen molar-refractivity contribution in [2.75, 3.05) is 12.8 Å². The zero-order chi connectivity index (χ0) is 10.0. The molecule has 72 valence electrons. The molecule has 0 bridgehead atoms. The highest BCUT2D eigenvalue weighted by Gasteiger charge is 2.19. The second-order valence-electron chi connectivity index (χ2n) is 2.24. The van der Waals surface area contributed by atoms with Crippen molar-refractivity contribution in [3.05, 3.63) is 15.5 Å². The van der Waals surface area contributed by atoms with Gasteiger partial charge in [0.1, 0.15) is 0 Å². The topological polar surface area (TPSA) is 48.1 Å². The average Bonchev–Trinajstić information content (AvgIpc) is 2.09. The number of ether oxygens (including phenoxy) is 1. The van der Waals surface area contributed by atoms with Crippen LogP contribution in [0.25, 0.3) is 0 Å². The number of halogens is 3. The van der Waals surface area contributed by atoms with Gasteiger partial charge >= 0.3 is 0 Å². The van der Waals surface area contributed by atoms with Crippen LogP contribution < -0.4 is 10.5 Å². The van der Waals surface area contributed by atoms with Crippen molar-refractivity contribution in [1.29, 1.82) is 0 Å². The normalized spacial score (nSPS) is 10.5. The largest absolute Gasteiger partial charge is 0.492 e. The van der Waals surface area contributed by atoms with E-state index in [2.05, 4.69) is 4.98 Å². The maximum atomic E-state index is 12.3. The van der Waals surface area contributed by atoms with E-state index in [0.717, 1.165) is 0 Å². The third kappa shape index (κ3) is 1.98. The molecular weight excluding hydrogens is 293 g/mol. The highest BCUT2D eigenvalue weighted by atomic mass is 127. The fraction of sp³-hybridized carbons (Fsp3) is 0.286. The van der Waals surface area contributed by atoms with Crippen molar-refractivity contribution in [1.82, 2.24) is 4.98 Å². The van der Waals surface area contributed by atoms with E-state index in [4.69, 9.17) is 10.5 Å². The average molecular weight is 300 g/mol. The molecular formula is C7H7F2IN2O. The Kier molecular flexibility index (Phi) is 3.23. The standard InChI is InChI=1S/C7H7F2IN2O/c1-13-6-4(11)3(10)2-12-5(6)7(8)9/h2,7H,1H3,(H2,11,12). The molecule has 0 saturated carbocycles. The van der Waals surface area contributed by atoms with Gasteiger partial charge in [-0.15, -0.1) is 0 Å². The summed E-state index contributed by atoms with van der Waals surface area (Å²) in [6.45, 7) is 0. The summed E-state index contributed by atoms with van der Waals surface area (Å²) in [7, 11) is 1.29. The minimum Gasteiger partial charge on any atom is -0.492 e. The van der Waals surface area contributed by atoms with Crippen LogP contribution in [0.15, 0.2) is 6.20 Å². The van der Waals surface area contributed by atoms with E-state index in [1.165, 1.54) is 13.3 Å². The summed E-state index contributed by atoms with van der Waals surface area (Å²) in [5, 5.41) is 0. The van der Waals surface area contributed by atoms with Gasteiger partial charge in [0.05, 0.1) is 16.4 Å². The Morgan fingerprint density at radius 3 is 2.69 bits per heavy atom. The Morgan fingerprint density at radius 2 is 2.23 bits per heavy atom. The molecule has 1 aromatic heterocycles. The first-order chi connectivity index (χ1) is 6.07. The van der Waals surface area contributed by atoms with Gasteiger partial charge in [-0.3, -0.25) is 4.98 Å². The number of aromatic nitrogens is 1. The van der Waals surface area contributed by atoms with Gasteiger partial charge in [0.25, 0.3) is 6.43 Å². The lowest BCUT2D eigenvalue weighted by Gasteiger charge is -2.10. The molecule has 0 atom stereocenters. The second-order valence-corrected chi connectivity index (χ2v) is 3.40. The summed E-state index contributed by atoms with van der Waals surface area (Å²) in [5.41, 5.74) is 5.31. The van der Waals surface area contributed by atoms with E-state index < -0.39 is 12.1 Å². The number of hydrogen-bond acceptors (Lipinski definition) is 3. The lowest BCUT2D eigenvalue weighted by Crippen LogP contribution is -2.02. The lowest BCUT2D eigenvalue weighted by atomic mass is 10.3. The molecule has 13 heavy (non-hydrogen) atoms. The Labute approximate surface area is 87.4 Å². The molecule has 1 heterocycles. The first kappa shape index (κ1) is 10.4. The summed E-state index contributed by atoms with van der Waals surface area (Å²) in [5.74, 6) is -0.0399. The van der Waals surface area contributed by atoms with Crippen LogP contribution in [0.4, 0.5) is 14.5 Å². The van der Waals surface area contributed by atoms with Crippen molar-refractivity contribution < 1.29 is 13.5 Å². The number of nitrogens with zero attached hydrogens (tertiary/aromatic N) is 1. The molecule has 0 spiro atoms. The number of pyridine rings is 1. The van der Waals surface area contributed by atoms with E-state index in [0.29, 0.717) is 3.57 Å². The zero-order valence-electron chi connectivity index (χ0n) is 6.72. The smallest absolute Gasteiger partial charge is 0.284 e. The minimum atomic E-state index is -2.67. The number of methoxy groups -OCH3 is 1.